The van der Waals surface area contributed by atoms with Crippen molar-refractivity contribution in [2.24, 2.45) is 23.2 Å². The minimum atomic E-state index is 0.000162. The highest BCUT2D eigenvalue weighted by molar-refractivity contribution is 4.95. The lowest BCUT2D eigenvalue weighted by molar-refractivity contribution is -0.182. The molecule has 2 fully saturated rings. The van der Waals surface area contributed by atoms with Gasteiger partial charge in [0.2, 0.25) is 0 Å². The molecule has 2 rings (SSSR count). The van der Waals surface area contributed by atoms with Gasteiger partial charge in [0.1, 0.15) is 0 Å². The fourth-order valence-electron chi connectivity index (χ4n) is 4.60. The Bertz CT molecular complexity index is 243. The van der Waals surface area contributed by atoms with Crippen LogP contribution in [0.5, 0.6) is 0 Å². The third-order valence-electron chi connectivity index (χ3n) is 5.19. The zero-order valence-electron chi connectivity index (χ0n) is 11.9. The van der Waals surface area contributed by atoms with E-state index in [4.69, 9.17) is 9.47 Å². The third-order valence-corrected chi connectivity index (χ3v) is 5.19. The molecule has 3 atom stereocenters. The van der Waals surface area contributed by atoms with Crippen LogP contribution in [0.25, 0.3) is 0 Å². The van der Waals surface area contributed by atoms with Crippen molar-refractivity contribution >= 4 is 0 Å². The van der Waals surface area contributed by atoms with Gasteiger partial charge in [-0.15, -0.1) is 0 Å². The Morgan fingerprint density at radius 1 is 1.00 bits per heavy atom. The Balaban J connectivity index is 2.19. The molecule has 2 heteroatoms. The average molecular weight is 240 g/mol. The fourth-order valence-corrected chi connectivity index (χ4v) is 4.60. The number of methoxy groups -OCH3 is 2. The summed E-state index contributed by atoms with van der Waals surface area (Å²) in [5.41, 5.74) is 0.462. The molecule has 17 heavy (non-hydrogen) atoms. The SMILES string of the molecule is COC(OC)C1CCCC2CCCC(C)(C)C21. The van der Waals surface area contributed by atoms with Crippen molar-refractivity contribution in [3.05, 3.63) is 0 Å². The van der Waals surface area contributed by atoms with E-state index in [9.17, 15) is 0 Å². The molecule has 0 aromatic rings. The first-order valence-electron chi connectivity index (χ1n) is 7.15. The number of hydrogen-bond donors (Lipinski definition) is 0. The van der Waals surface area contributed by atoms with E-state index < -0.39 is 0 Å². The zero-order chi connectivity index (χ0) is 12.5. The maximum Gasteiger partial charge on any atom is 0.159 e. The van der Waals surface area contributed by atoms with Gasteiger partial charge in [0.05, 0.1) is 0 Å². The van der Waals surface area contributed by atoms with Crippen LogP contribution in [0.1, 0.15) is 52.4 Å². The molecule has 0 heterocycles. The Morgan fingerprint density at radius 3 is 2.29 bits per heavy atom. The fraction of sp³-hybridized carbons (Fsp3) is 1.00. The van der Waals surface area contributed by atoms with Crippen LogP contribution in [-0.2, 0) is 9.47 Å². The summed E-state index contributed by atoms with van der Waals surface area (Å²) in [5.74, 6) is 2.29. The smallest absolute Gasteiger partial charge is 0.159 e. The number of hydrogen-bond acceptors (Lipinski definition) is 2. The van der Waals surface area contributed by atoms with Crippen LogP contribution >= 0.6 is 0 Å². The molecule has 3 unspecified atom stereocenters. The Kier molecular flexibility index (Phi) is 4.14. The van der Waals surface area contributed by atoms with Gasteiger partial charge in [0, 0.05) is 20.1 Å². The maximum absolute atomic E-state index is 5.56. The Morgan fingerprint density at radius 2 is 1.65 bits per heavy atom. The van der Waals surface area contributed by atoms with Gasteiger partial charge in [-0.1, -0.05) is 39.5 Å². The normalized spacial score (nSPS) is 36.9. The molecule has 100 valence electrons. The standard InChI is InChI=1S/C15H28O2/c1-15(2)10-6-8-11-7-5-9-12(13(11)15)14(16-3)17-4/h11-14H,5-10H2,1-4H3. The summed E-state index contributed by atoms with van der Waals surface area (Å²) < 4.78 is 11.1. The van der Waals surface area contributed by atoms with Crippen molar-refractivity contribution in [2.45, 2.75) is 58.7 Å². The number of rotatable bonds is 3. The van der Waals surface area contributed by atoms with Crippen LogP contribution in [-0.4, -0.2) is 20.5 Å². The van der Waals surface area contributed by atoms with Crippen molar-refractivity contribution in [3.63, 3.8) is 0 Å². The molecule has 0 saturated heterocycles. The number of fused-ring (bicyclic) bond motifs is 1. The van der Waals surface area contributed by atoms with E-state index in [1.807, 2.05) is 0 Å². The van der Waals surface area contributed by atoms with Gasteiger partial charge in [0.25, 0.3) is 0 Å². The summed E-state index contributed by atoms with van der Waals surface area (Å²) >= 11 is 0. The lowest BCUT2D eigenvalue weighted by Crippen LogP contribution is -2.47. The molecule has 2 aliphatic carbocycles. The van der Waals surface area contributed by atoms with Gasteiger partial charge in [-0.25, -0.2) is 0 Å². The van der Waals surface area contributed by atoms with E-state index in [1.54, 1.807) is 14.2 Å². The van der Waals surface area contributed by atoms with Crippen LogP contribution < -0.4 is 0 Å². The monoisotopic (exact) mass is 240 g/mol. The van der Waals surface area contributed by atoms with Gasteiger partial charge in [-0.2, -0.15) is 0 Å². The van der Waals surface area contributed by atoms with E-state index in [0.29, 0.717) is 11.3 Å². The first kappa shape index (κ1) is 13.4. The van der Waals surface area contributed by atoms with Gasteiger partial charge in [-0.3, -0.25) is 0 Å². The van der Waals surface area contributed by atoms with Crippen LogP contribution in [0, 0.1) is 23.2 Å². The van der Waals surface area contributed by atoms with Crippen LogP contribution in [0.3, 0.4) is 0 Å². The molecule has 2 nitrogen and oxygen atoms in total. The van der Waals surface area contributed by atoms with E-state index in [1.165, 1.54) is 38.5 Å². The van der Waals surface area contributed by atoms with E-state index >= 15 is 0 Å². The summed E-state index contributed by atoms with van der Waals surface area (Å²) in [6.45, 7) is 4.90. The largest absolute Gasteiger partial charge is 0.356 e. The van der Waals surface area contributed by atoms with Crippen molar-refractivity contribution in [1.82, 2.24) is 0 Å². The second-order valence-corrected chi connectivity index (χ2v) is 6.60. The molecule has 0 N–H and O–H groups in total. The maximum atomic E-state index is 5.56. The lowest BCUT2D eigenvalue weighted by atomic mass is 9.55. The van der Waals surface area contributed by atoms with Gasteiger partial charge in [-0.05, 0) is 30.1 Å². The molecule has 0 amide bonds. The van der Waals surface area contributed by atoms with Gasteiger partial charge < -0.3 is 9.47 Å². The van der Waals surface area contributed by atoms with E-state index in [2.05, 4.69) is 13.8 Å². The molecular weight excluding hydrogens is 212 g/mol. The first-order chi connectivity index (χ1) is 8.10. The molecular formula is C15H28O2. The molecule has 0 aromatic carbocycles. The minimum Gasteiger partial charge on any atom is -0.356 e. The highest BCUT2D eigenvalue weighted by atomic mass is 16.7. The molecule has 0 aromatic heterocycles. The second-order valence-electron chi connectivity index (χ2n) is 6.60. The minimum absolute atomic E-state index is 0.000162. The quantitative estimate of drug-likeness (QED) is 0.698. The third kappa shape index (κ3) is 2.53. The summed E-state index contributed by atoms with van der Waals surface area (Å²) in [6, 6.07) is 0. The highest BCUT2D eigenvalue weighted by Gasteiger charge is 2.47. The van der Waals surface area contributed by atoms with Crippen molar-refractivity contribution in [2.75, 3.05) is 14.2 Å². The zero-order valence-corrected chi connectivity index (χ0v) is 11.9. The molecule has 0 spiro atoms. The molecule has 0 bridgehead atoms. The van der Waals surface area contributed by atoms with Crippen LogP contribution in [0.15, 0.2) is 0 Å². The molecule has 2 saturated carbocycles. The predicted octanol–water partition coefficient (Wildman–Crippen LogP) is 3.85. The van der Waals surface area contributed by atoms with Gasteiger partial charge in [0.15, 0.2) is 6.29 Å². The first-order valence-corrected chi connectivity index (χ1v) is 7.15. The van der Waals surface area contributed by atoms with E-state index in [-0.39, 0.29) is 6.29 Å². The molecule has 2 aliphatic rings. The molecule has 0 radical (unpaired) electrons. The Hall–Kier alpha value is -0.0800. The van der Waals surface area contributed by atoms with Crippen molar-refractivity contribution in [3.8, 4) is 0 Å². The summed E-state index contributed by atoms with van der Waals surface area (Å²) in [5, 5.41) is 0. The number of ether oxygens (including phenoxy) is 2. The van der Waals surface area contributed by atoms with Crippen LogP contribution in [0.4, 0.5) is 0 Å². The summed E-state index contributed by atoms with van der Waals surface area (Å²) in [6.07, 6.45) is 8.24. The summed E-state index contributed by atoms with van der Waals surface area (Å²) in [7, 11) is 3.57. The van der Waals surface area contributed by atoms with E-state index in [0.717, 1.165) is 11.8 Å². The Labute approximate surface area is 106 Å². The highest BCUT2D eigenvalue weighted by Crippen LogP contribution is 2.54. The van der Waals surface area contributed by atoms with Gasteiger partial charge >= 0.3 is 0 Å². The second kappa shape index (κ2) is 5.27. The van der Waals surface area contributed by atoms with Crippen molar-refractivity contribution in [1.29, 1.82) is 0 Å². The predicted molar refractivity (Wildman–Crippen MR) is 69.8 cm³/mol. The average Bonchev–Trinajstić information content (AvgIpc) is 2.30. The van der Waals surface area contributed by atoms with Crippen molar-refractivity contribution < 1.29 is 9.47 Å². The lowest BCUT2D eigenvalue weighted by Gasteiger charge is -2.52. The van der Waals surface area contributed by atoms with Crippen LogP contribution in [0.2, 0.25) is 0 Å². The molecule has 0 aliphatic heterocycles. The summed E-state index contributed by atoms with van der Waals surface area (Å²) in [4.78, 5) is 0. The topological polar surface area (TPSA) is 18.5 Å².